The first-order valence-corrected chi connectivity index (χ1v) is 13.1. The van der Waals surface area contributed by atoms with Gasteiger partial charge in [0.1, 0.15) is 23.1 Å². The number of rotatable bonds is 11. The summed E-state index contributed by atoms with van der Waals surface area (Å²) in [4.78, 5) is 29.6. The summed E-state index contributed by atoms with van der Waals surface area (Å²) in [6.07, 6.45) is 7.53. The van der Waals surface area contributed by atoms with E-state index >= 15 is 0 Å². The zero-order valence-electron chi connectivity index (χ0n) is 20.1. The number of carbonyl (C=O) groups is 2. The predicted octanol–water partition coefficient (Wildman–Crippen LogP) is 5.58. The maximum atomic E-state index is 12.8. The molecule has 1 aliphatic carbocycles. The molecule has 0 bridgehead atoms. The van der Waals surface area contributed by atoms with Crippen molar-refractivity contribution in [3.63, 3.8) is 0 Å². The lowest BCUT2D eigenvalue weighted by molar-refractivity contribution is -0.122. The van der Waals surface area contributed by atoms with Crippen molar-refractivity contribution >= 4 is 23.2 Å². The second-order valence-electron chi connectivity index (χ2n) is 9.13. The largest absolute Gasteiger partial charge is 0.486 e. The zero-order chi connectivity index (χ0) is 23.6. The number of hydrogen-bond donors (Lipinski definition) is 2. The Hall–Kier alpha value is -2.41. The first-order valence-electron chi connectivity index (χ1n) is 12.2. The van der Waals surface area contributed by atoms with E-state index in [1.54, 1.807) is 5.38 Å². The molecule has 2 unspecified atom stereocenters. The lowest BCUT2D eigenvalue weighted by atomic mass is 9.90. The van der Waals surface area contributed by atoms with E-state index in [2.05, 4.69) is 48.5 Å². The lowest BCUT2D eigenvalue weighted by Gasteiger charge is -2.32. The van der Waals surface area contributed by atoms with Gasteiger partial charge in [-0.2, -0.15) is 0 Å². The smallest absolute Gasteiger partial charge is 0.271 e. The van der Waals surface area contributed by atoms with Crippen molar-refractivity contribution in [2.45, 2.75) is 96.7 Å². The van der Waals surface area contributed by atoms with Crippen molar-refractivity contribution in [1.29, 1.82) is 0 Å². The van der Waals surface area contributed by atoms with Crippen LogP contribution in [0.1, 0.15) is 99.1 Å². The summed E-state index contributed by atoms with van der Waals surface area (Å²) in [5.41, 5.74) is 1.68. The second-order valence-corrected chi connectivity index (χ2v) is 10.1. The summed E-state index contributed by atoms with van der Waals surface area (Å²) < 4.78 is 5.84. The maximum absolute atomic E-state index is 12.8. The molecule has 7 heteroatoms. The minimum atomic E-state index is -0.184. The van der Waals surface area contributed by atoms with Gasteiger partial charge in [-0.05, 0) is 42.9 Å². The molecule has 33 heavy (non-hydrogen) atoms. The highest BCUT2D eigenvalue weighted by atomic mass is 32.1. The van der Waals surface area contributed by atoms with Crippen LogP contribution in [0.3, 0.4) is 0 Å². The minimum absolute atomic E-state index is 0.00734. The van der Waals surface area contributed by atoms with E-state index in [1.165, 1.54) is 16.9 Å². The number of ether oxygens (including phenoxy) is 1. The number of nitrogens with zero attached hydrogens (tertiary/aromatic N) is 1. The van der Waals surface area contributed by atoms with Crippen LogP contribution < -0.4 is 15.4 Å². The second kappa shape index (κ2) is 12.7. The molecule has 0 radical (unpaired) electrons. The SMILES string of the molecule is CCCCCC(=O)NC1CCCCC1NC(=O)c1csc(COc2ccc(C(C)C)cc2)n1. The normalized spacial score (nSPS) is 18.2. The number of nitrogens with one attached hydrogen (secondary N) is 2. The molecule has 2 N–H and O–H groups in total. The fourth-order valence-corrected chi connectivity index (χ4v) is 4.79. The molecule has 2 aromatic rings. The summed E-state index contributed by atoms with van der Waals surface area (Å²) in [7, 11) is 0. The van der Waals surface area contributed by atoms with Crippen LogP contribution >= 0.6 is 11.3 Å². The highest BCUT2D eigenvalue weighted by Gasteiger charge is 2.28. The van der Waals surface area contributed by atoms with Crippen LogP contribution in [0.15, 0.2) is 29.6 Å². The molecular formula is C26H37N3O3S. The van der Waals surface area contributed by atoms with E-state index in [4.69, 9.17) is 4.74 Å². The Balaban J connectivity index is 1.50. The van der Waals surface area contributed by atoms with Crippen molar-refractivity contribution in [1.82, 2.24) is 15.6 Å². The molecule has 1 aromatic carbocycles. The number of thiazole rings is 1. The maximum Gasteiger partial charge on any atom is 0.271 e. The Morgan fingerprint density at radius 1 is 1.09 bits per heavy atom. The van der Waals surface area contributed by atoms with E-state index in [9.17, 15) is 9.59 Å². The van der Waals surface area contributed by atoms with Crippen LogP contribution in [0.4, 0.5) is 0 Å². The number of carbonyl (C=O) groups excluding carboxylic acids is 2. The van der Waals surface area contributed by atoms with Gasteiger partial charge in [-0.3, -0.25) is 9.59 Å². The molecule has 3 rings (SSSR count). The van der Waals surface area contributed by atoms with Gasteiger partial charge < -0.3 is 15.4 Å². The number of amides is 2. The Morgan fingerprint density at radius 2 is 1.79 bits per heavy atom. The highest BCUT2D eigenvalue weighted by molar-refractivity contribution is 7.09. The Kier molecular flexibility index (Phi) is 9.73. The van der Waals surface area contributed by atoms with Gasteiger partial charge in [0.25, 0.3) is 5.91 Å². The molecule has 1 aromatic heterocycles. The van der Waals surface area contributed by atoms with Crippen LogP contribution in [0, 0.1) is 0 Å². The van der Waals surface area contributed by atoms with Gasteiger partial charge in [-0.25, -0.2) is 4.98 Å². The van der Waals surface area contributed by atoms with Crippen molar-refractivity contribution in [2.24, 2.45) is 0 Å². The molecule has 1 saturated carbocycles. The van der Waals surface area contributed by atoms with Crippen molar-refractivity contribution in [2.75, 3.05) is 0 Å². The van der Waals surface area contributed by atoms with Gasteiger partial charge in [0, 0.05) is 23.9 Å². The third-order valence-electron chi connectivity index (χ3n) is 6.13. The fourth-order valence-electron chi connectivity index (χ4n) is 4.11. The van der Waals surface area contributed by atoms with E-state index < -0.39 is 0 Å². The predicted molar refractivity (Wildman–Crippen MR) is 133 cm³/mol. The summed E-state index contributed by atoms with van der Waals surface area (Å²) in [6, 6.07) is 8.02. The highest BCUT2D eigenvalue weighted by Crippen LogP contribution is 2.22. The van der Waals surface area contributed by atoms with Crippen LogP contribution in [0.25, 0.3) is 0 Å². The van der Waals surface area contributed by atoms with Gasteiger partial charge in [0.15, 0.2) is 0 Å². The zero-order valence-corrected chi connectivity index (χ0v) is 20.9. The van der Waals surface area contributed by atoms with Gasteiger partial charge in [0.2, 0.25) is 5.91 Å². The Morgan fingerprint density at radius 3 is 2.45 bits per heavy atom. The van der Waals surface area contributed by atoms with Crippen molar-refractivity contribution < 1.29 is 14.3 Å². The molecular weight excluding hydrogens is 434 g/mol. The lowest BCUT2D eigenvalue weighted by Crippen LogP contribution is -2.53. The van der Waals surface area contributed by atoms with Crippen LogP contribution in [0.5, 0.6) is 5.75 Å². The number of unbranched alkanes of at least 4 members (excludes halogenated alkanes) is 2. The summed E-state index contributed by atoms with van der Waals surface area (Å²) >= 11 is 1.42. The molecule has 2 atom stereocenters. The van der Waals surface area contributed by atoms with E-state index in [0.717, 1.165) is 55.7 Å². The average Bonchev–Trinajstić information content (AvgIpc) is 3.29. The van der Waals surface area contributed by atoms with E-state index in [0.29, 0.717) is 24.6 Å². The van der Waals surface area contributed by atoms with E-state index in [1.807, 2.05) is 12.1 Å². The standard InChI is InChI=1S/C26H37N3O3S/c1-4-5-6-11-24(30)27-21-9-7-8-10-22(21)29-26(31)23-17-33-25(28-23)16-32-20-14-12-19(13-15-20)18(2)3/h12-15,17-18,21-22H,4-11,16H2,1-3H3,(H,27,30)(H,29,31). The summed E-state index contributed by atoms with van der Waals surface area (Å²) in [5, 5.41) is 8.80. The first kappa shape index (κ1) is 25.2. The molecule has 180 valence electrons. The molecule has 1 heterocycles. The molecule has 1 fully saturated rings. The van der Waals surface area contributed by atoms with Crippen molar-refractivity contribution in [3.8, 4) is 5.75 Å². The Bertz CT molecular complexity index is 894. The molecule has 1 aliphatic rings. The summed E-state index contributed by atoms with van der Waals surface area (Å²) in [5.74, 6) is 1.18. The number of aromatic nitrogens is 1. The van der Waals surface area contributed by atoms with Gasteiger partial charge in [-0.15, -0.1) is 11.3 Å². The quantitative estimate of drug-likeness (QED) is 0.419. The summed E-state index contributed by atoms with van der Waals surface area (Å²) in [6.45, 7) is 6.79. The topological polar surface area (TPSA) is 80.3 Å². The Labute approximate surface area is 201 Å². The third-order valence-corrected chi connectivity index (χ3v) is 6.95. The number of hydrogen-bond acceptors (Lipinski definition) is 5. The van der Waals surface area contributed by atoms with Crippen LogP contribution in [-0.2, 0) is 11.4 Å². The monoisotopic (exact) mass is 471 g/mol. The molecule has 2 amide bonds. The van der Waals surface area contributed by atoms with Gasteiger partial charge in [-0.1, -0.05) is 58.6 Å². The number of benzene rings is 1. The fraction of sp³-hybridized carbons (Fsp3) is 0.577. The average molecular weight is 472 g/mol. The first-order chi connectivity index (χ1) is 16.0. The van der Waals surface area contributed by atoms with Crippen molar-refractivity contribution in [3.05, 3.63) is 45.9 Å². The third kappa shape index (κ3) is 7.84. The molecule has 6 nitrogen and oxygen atoms in total. The minimum Gasteiger partial charge on any atom is -0.486 e. The molecule has 0 saturated heterocycles. The van der Waals surface area contributed by atoms with Crippen LogP contribution in [-0.4, -0.2) is 28.9 Å². The van der Waals surface area contributed by atoms with Crippen LogP contribution in [0.2, 0.25) is 0 Å². The van der Waals surface area contributed by atoms with Gasteiger partial charge in [0.05, 0.1) is 0 Å². The molecule has 0 aliphatic heterocycles. The van der Waals surface area contributed by atoms with E-state index in [-0.39, 0.29) is 23.9 Å². The molecule has 0 spiro atoms. The van der Waals surface area contributed by atoms with Gasteiger partial charge >= 0.3 is 0 Å².